The smallest absolute Gasteiger partial charge is 0.271 e. The number of aromatic nitrogens is 3. The highest BCUT2D eigenvalue weighted by Gasteiger charge is 2.18. The van der Waals surface area contributed by atoms with Crippen molar-refractivity contribution in [3.05, 3.63) is 29.7 Å². The summed E-state index contributed by atoms with van der Waals surface area (Å²) in [5.41, 5.74) is 2.01. The molecule has 0 aromatic carbocycles. The molecule has 6 nitrogen and oxygen atoms in total. The highest BCUT2D eigenvalue weighted by Crippen LogP contribution is 2.11. The first-order chi connectivity index (χ1) is 10.3. The fraction of sp³-hybridized carbons (Fsp3) is 0.500. The van der Waals surface area contributed by atoms with Gasteiger partial charge < -0.3 is 10.1 Å². The van der Waals surface area contributed by atoms with Gasteiger partial charge in [0.2, 0.25) is 0 Å². The number of fused-ring (bicyclic) bond motifs is 1. The normalized spacial score (nSPS) is 18.2. The van der Waals surface area contributed by atoms with Gasteiger partial charge in [-0.15, -0.1) is 11.6 Å². The van der Waals surface area contributed by atoms with E-state index in [1.165, 1.54) is 0 Å². The Morgan fingerprint density at radius 3 is 3.24 bits per heavy atom. The van der Waals surface area contributed by atoms with E-state index in [4.69, 9.17) is 16.3 Å². The molecular weight excluding hydrogens is 292 g/mol. The molecule has 1 N–H and O–H groups in total. The Hall–Kier alpha value is -1.66. The van der Waals surface area contributed by atoms with Gasteiger partial charge in [0.25, 0.3) is 5.91 Å². The molecule has 1 aliphatic rings. The Labute approximate surface area is 127 Å². The molecule has 0 aliphatic carbocycles. The lowest BCUT2D eigenvalue weighted by Crippen LogP contribution is -2.32. The van der Waals surface area contributed by atoms with Crippen molar-refractivity contribution in [3.8, 4) is 0 Å². The number of carbonyl (C=O) groups is 1. The van der Waals surface area contributed by atoms with E-state index in [-0.39, 0.29) is 12.0 Å². The lowest BCUT2D eigenvalue weighted by Gasteiger charge is -2.09. The van der Waals surface area contributed by atoms with Crippen LogP contribution in [0.4, 0.5) is 0 Å². The second kappa shape index (κ2) is 6.41. The zero-order valence-corrected chi connectivity index (χ0v) is 12.3. The Morgan fingerprint density at radius 2 is 2.48 bits per heavy atom. The van der Waals surface area contributed by atoms with Crippen molar-refractivity contribution in [2.24, 2.45) is 0 Å². The van der Waals surface area contributed by atoms with Gasteiger partial charge in [0, 0.05) is 37.5 Å². The fourth-order valence-corrected chi connectivity index (χ4v) is 2.59. The van der Waals surface area contributed by atoms with Crippen LogP contribution in [0.2, 0.25) is 0 Å². The molecule has 3 heterocycles. The topological polar surface area (TPSA) is 68.5 Å². The SMILES string of the molecule is O=C(NC[C@@H]1CCCO1)c1cc2ncc(CCCl)cn2n1. The number of aryl methyl sites for hydroxylation is 1. The van der Waals surface area contributed by atoms with E-state index in [0.29, 0.717) is 23.8 Å². The van der Waals surface area contributed by atoms with E-state index < -0.39 is 0 Å². The Kier molecular flexibility index (Phi) is 4.36. The first-order valence-corrected chi connectivity index (χ1v) is 7.60. The first-order valence-electron chi connectivity index (χ1n) is 7.06. The molecule has 21 heavy (non-hydrogen) atoms. The van der Waals surface area contributed by atoms with E-state index in [2.05, 4.69) is 15.4 Å². The van der Waals surface area contributed by atoms with E-state index >= 15 is 0 Å². The van der Waals surface area contributed by atoms with Gasteiger partial charge in [-0.1, -0.05) is 0 Å². The molecule has 2 aromatic rings. The van der Waals surface area contributed by atoms with Crippen molar-refractivity contribution >= 4 is 23.2 Å². The van der Waals surface area contributed by atoms with E-state index in [0.717, 1.165) is 31.4 Å². The molecule has 1 atom stereocenters. The van der Waals surface area contributed by atoms with Gasteiger partial charge in [0.1, 0.15) is 0 Å². The number of nitrogens with one attached hydrogen (secondary N) is 1. The Morgan fingerprint density at radius 1 is 1.57 bits per heavy atom. The minimum atomic E-state index is -0.199. The highest BCUT2D eigenvalue weighted by molar-refractivity contribution is 6.17. The molecule has 3 rings (SSSR count). The molecule has 0 radical (unpaired) electrons. The van der Waals surface area contributed by atoms with Crippen LogP contribution in [0.15, 0.2) is 18.5 Å². The monoisotopic (exact) mass is 308 g/mol. The Balaban J connectivity index is 1.69. The summed E-state index contributed by atoms with van der Waals surface area (Å²) in [7, 11) is 0. The largest absolute Gasteiger partial charge is 0.376 e. The molecule has 1 fully saturated rings. The minimum Gasteiger partial charge on any atom is -0.376 e. The summed E-state index contributed by atoms with van der Waals surface area (Å²) in [6.45, 7) is 1.31. The molecule has 1 amide bonds. The summed E-state index contributed by atoms with van der Waals surface area (Å²) in [5, 5.41) is 7.11. The lowest BCUT2D eigenvalue weighted by atomic mass is 10.2. The standard InChI is InChI=1S/C14H17ClN4O2/c15-4-3-10-7-16-13-6-12(18-19(13)9-10)14(20)17-8-11-2-1-5-21-11/h6-7,9,11H,1-5,8H2,(H,17,20)/t11-/m0/s1. The van der Waals surface area contributed by atoms with Gasteiger partial charge >= 0.3 is 0 Å². The van der Waals surface area contributed by atoms with Crippen LogP contribution in [-0.2, 0) is 11.2 Å². The third-order valence-electron chi connectivity index (χ3n) is 3.50. The average Bonchev–Trinajstić information content (AvgIpc) is 3.13. The fourth-order valence-electron chi connectivity index (χ4n) is 2.37. The summed E-state index contributed by atoms with van der Waals surface area (Å²) >= 11 is 5.71. The third-order valence-corrected chi connectivity index (χ3v) is 3.69. The summed E-state index contributed by atoms with van der Waals surface area (Å²) in [6.07, 6.45) is 6.51. The lowest BCUT2D eigenvalue weighted by molar-refractivity contribution is 0.0853. The van der Waals surface area contributed by atoms with Gasteiger partial charge in [-0.05, 0) is 24.8 Å². The third kappa shape index (κ3) is 3.33. The number of alkyl halides is 1. The molecule has 1 aliphatic heterocycles. The number of carbonyl (C=O) groups excluding carboxylic acids is 1. The predicted molar refractivity (Wildman–Crippen MR) is 78.7 cm³/mol. The number of amides is 1. The summed E-state index contributed by atoms with van der Waals surface area (Å²) < 4.78 is 7.09. The highest BCUT2D eigenvalue weighted by atomic mass is 35.5. The van der Waals surface area contributed by atoms with Crippen LogP contribution >= 0.6 is 11.6 Å². The van der Waals surface area contributed by atoms with Crippen molar-refractivity contribution < 1.29 is 9.53 Å². The number of halogens is 1. The van der Waals surface area contributed by atoms with E-state index in [1.54, 1.807) is 16.8 Å². The summed E-state index contributed by atoms with van der Waals surface area (Å²) in [4.78, 5) is 16.4. The molecule has 0 unspecified atom stereocenters. The van der Waals surface area contributed by atoms with Crippen LogP contribution in [0.3, 0.4) is 0 Å². The van der Waals surface area contributed by atoms with Crippen molar-refractivity contribution in [2.75, 3.05) is 19.0 Å². The van der Waals surface area contributed by atoms with Crippen LogP contribution in [-0.4, -0.2) is 45.6 Å². The maximum absolute atomic E-state index is 12.1. The van der Waals surface area contributed by atoms with Crippen molar-refractivity contribution in [1.29, 1.82) is 0 Å². The number of hydrogen-bond acceptors (Lipinski definition) is 4. The van der Waals surface area contributed by atoms with Crippen molar-refractivity contribution in [2.45, 2.75) is 25.4 Å². The Bertz CT molecular complexity index is 637. The minimum absolute atomic E-state index is 0.124. The number of ether oxygens (including phenoxy) is 1. The van der Waals surface area contributed by atoms with Crippen LogP contribution in [0, 0.1) is 0 Å². The molecule has 2 aromatic heterocycles. The predicted octanol–water partition coefficient (Wildman–Crippen LogP) is 1.42. The molecule has 0 saturated carbocycles. The summed E-state index contributed by atoms with van der Waals surface area (Å²) in [6, 6.07) is 1.68. The average molecular weight is 309 g/mol. The van der Waals surface area contributed by atoms with Gasteiger partial charge in [0.15, 0.2) is 11.3 Å². The first kappa shape index (κ1) is 14.3. The maximum Gasteiger partial charge on any atom is 0.271 e. The van der Waals surface area contributed by atoms with Gasteiger partial charge in [-0.2, -0.15) is 5.10 Å². The molecular formula is C14H17ClN4O2. The van der Waals surface area contributed by atoms with Crippen LogP contribution in [0.5, 0.6) is 0 Å². The van der Waals surface area contributed by atoms with Gasteiger partial charge in [-0.3, -0.25) is 4.79 Å². The van der Waals surface area contributed by atoms with E-state index in [1.807, 2.05) is 6.20 Å². The van der Waals surface area contributed by atoms with Gasteiger partial charge in [-0.25, -0.2) is 9.50 Å². The number of hydrogen-bond donors (Lipinski definition) is 1. The van der Waals surface area contributed by atoms with Gasteiger partial charge in [0.05, 0.1) is 6.10 Å². The van der Waals surface area contributed by atoms with Crippen molar-refractivity contribution in [1.82, 2.24) is 19.9 Å². The zero-order chi connectivity index (χ0) is 14.7. The zero-order valence-electron chi connectivity index (χ0n) is 11.6. The molecule has 1 saturated heterocycles. The maximum atomic E-state index is 12.1. The van der Waals surface area contributed by atoms with E-state index in [9.17, 15) is 4.79 Å². The molecule has 112 valence electrons. The number of rotatable bonds is 5. The number of nitrogens with zero attached hydrogens (tertiary/aromatic N) is 3. The second-order valence-electron chi connectivity index (χ2n) is 5.08. The summed E-state index contributed by atoms with van der Waals surface area (Å²) in [5.74, 6) is 0.332. The quantitative estimate of drug-likeness (QED) is 0.848. The molecule has 0 bridgehead atoms. The van der Waals surface area contributed by atoms with Crippen LogP contribution in [0.1, 0.15) is 28.9 Å². The van der Waals surface area contributed by atoms with Crippen LogP contribution in [0.25, 0.3) is 5.65 Å². The van der Waals surface area contributed by atoms with Crippen molar-refractivity contribution in [3.63, 3.8) is 0 Å². The molecule has 0 spiro atoms. The second-order valence-corrected chi connectivity index (χ2v) is 5.46. The molecule has 7 heteroatoms. The van der Waals surface area contributed by atoms with Crippen LogP contribution < -0.4 is 5.32 Å².